The summed E-state index contributed by atoms with van der Waals surface area (Å²) in [6.07, 6.45) is -25.0. The first-order chi connectivity index (χ1) is 24.7. The number of aliphatic hydroxyl groups is 9. The van der Waals surface area contributed by atoms with E-state index in [0.717, 1.165) is 6.07 Å². The Kier molecular flexibility index (Phi) is 11.4. The molecule has 19 heteroatoms. The molecule has 3 fully saturated rings. The zero-order chi connectivity index (χ0) is 37.6. The molecule has 3 aromatic rings. The fourth-order valence-electron chi connectivity index (χ4n) is 6.17. The second-order valence-corrected chi connectivity index (χ2v) is 12.8. The molecule has 0 aliphatic carbocycles. The van der Waals surface area contributed by atoms with Crippen LogP contribution in [0.4, 0.5) is 0 Å². The van der Waals surface area contributed by atoms with Gasteiger partial charge in [0.05, 0.1) is 30.9 Å². The van der Waals surface area contributed by atoms with Crippen molar-refractivity contribution >= 4 is 11.0 Å². The first-order valence-electron chi connectivity index (χ1n) is 16.3. The Bertz CT molecular complexity index is 1670. The van der Waals surface area contributed by atoms with Crippen LogP contribution in [0, 0.1) is 0 Å². The minimum absolute atomic E-state index is 0.000846. The fraction of sp³-hybridized carbons (Fsp3) is 0.545. The zero-order valence-electron chi connectivity index (χ0n) is 27.3. The minimum Gasteiger partial charge on any atom is -0.508 e. The van der Waals surface area contributed by atoms with Crippen LogP contribution in [0.15, 0.2) is 46.9 Å². The molecule has 0 bridgehead atoms. The van der Waals surface area contributed by atoms with Crippen LogP contribution >= 0.6 is 0 Å². The molecule has 3 saturated heterocycles. The van der Waals surface area contributed by atoms with Gasteiger partial charge in [-0.25, -0.2) is 4.42 Å². The molecule has 0 unspecified atom stereocenters. The maximum Gasteiger partial charge on any atom is 0.402 e. The summed E-state index contributed by atoms with van der Waals surface area (Å²) >= 11 is 0. The second kappa shape index (κ2) is 15.5. The van der Waals surface area contributed by atoms with Gasteiger partial charge in [-0.05, 0) is 31.2 Å². The third-order valence-electron chi connectivity index (χ3n) is 9.21. The number of phenols is 3. The number of benzene rings is 2. The van der Waals surface area contributed by atoms with E-state index in [9.17, 15) is 61.3 Å². The van der Waals surface area contributed by atoms with Crippen LogP contribution in [-0.2, 0) is 23.7 Å². The number of fused-ring (bicyclic) bond motifs is 1. The van der Waals surface area contributed by atoms with E-state index in [1.54, 1.807) is 0 Å². The molecule has 15 atom stereocenters. The summed E-state index contributed by atoms with van der Waals surface area (Å²) in [5.41, 5.74) is 0.305. The monoisotopic (exact) mass is 741 g/mol. The van der Waals surface area contributed by atoms with Gasteiger partial charge >= 0.3 is 11.3 Å². The van der Waals surface area contributed by atoms with Crippen LogP contribution in [0.3, 0.4) is 0 Å². The van der Waals surface area contributed by atoms with E-state index in [-0.39, 0.29) is 34.0 Å². The Hall–Kier alpha value is -3.51. The van der Waals surface area contributed by atoms with Gasteiger partial charge in [-0.1, -0.05) is 0 Å². The summed E-state index contributed by atoms with van der Waals surface area (Å²) in [5.74, 6) is -1.08. The Balaban J connectivity index is 1.36. The number of hydrogen-bond acceptors (Lipinski definition) is 18. The van der Waals surface area contributed by atoms with Crippen molar-refractivity contribution in [1.82, 2.24) is 0 Å². The summed E-state index contributed by atoms with van der Waals surface area (Å²) in [5, 5.41) is 125. The predicted octanol–water partition coefficient (Wildman–Crippen LogP) is -2.65. The highest BCUT2D eigenvalue weighted by atomic mass is 16.8. The molecule has 6 rings (SSSR count). The van der Waals surface area contributed by atoms with Gasteiger partial charge in [0, 0.05) is 12.1 Å². The first-order valence-corrected chi connectivity index (χ1v) is 16.3. The van der Waals surface area contributed by atoms with Crippen LogP contribution in [0.2, 0.25) is 0 Å². The lowest BCUT2D eigenvalue weighted by Gasteiger charge is -2.46. The summed E-state index contributed by atoms with van der Waals surface area (Å²) in [4.78, 5) is 0. The summed E-state index contributed by atoms with van der Waals surface area (Å²) in [6.45, 7) is 0.00871. The van der Waals surface area contributed by atoms with Crippen LogP contribution in [0.1, 0.15) is 6.92 Å². The average Bonchev–Trinajstić information content (AvgIpc) is 3.12. The number of phenolic OH excluding ortho intramolecular Hbond substituents is 3. The Morgan fingerprint density at radius 2 is 1.29 bits per heavy atom. The summed E-state index contributed by atoms with van der Waals surface area (Å²) in [6, 6.07) is 9.15. The number of aliphatic hydroxyl groups excluding tert-OH is 9. The maximum absolute atomic E-state index is 11.4. The van der Waals surface area contributed by atoms with Crippen molar-refractivity contribution in [3.05, 3.63) is 42.5 Å². The van der Waals surface area contributed by atoms with Gasteiger partial charge in [-0.15, -0.1) is 0 Å². The number of rotatable bonds is 9. The number of hydrogen-bond donors (Lipinski definition) is 12. The predicted molar refractivity (Wildman–Crippen MR) is 169 cm³/mol. The van der Waals surface area contributed by atoms with E-state index in [0.29, 0.717) is 5.56 Å². The Labute approximate surface area is 294 Å². The van der Waals surface area contributed by atoms with Gasteiger partial charge < -0.3 is 89.7 Å². The third kappa shape index (κ3) is 7.47. The molecule has 2 aromatic carbocycles. The van der Waals surface area contributed by atoms with Crippen molar-refractivity contribution in [2.45, 2.75) is 99.0 Å². The molecule has 1 aromatic heterocycles. The zero-order valence-corrected chi connectivity index (χ0v) is 27.3. The van der Waals surface area contributed by atoms with Crippen LogP contribution in [0.5, 0.6) is 23.0 Å². The van der Waals surface area contributed by atoms with Crippen molar-refractivity contribution in [3.63, 3.8) is 0 Å². The largest absolute Gasteiger partial charge is 0.508 e. The Morgan fingerprint density at radius 1 is 0.654 bits per heavy atom. The Morgan fingerprint density at radius 3 is 1.98 bits per heavy atom. The third-order valence-corrected chi connectivity index (χ3v) is 9.21. The molecular formula is C33H41O19+. The topological polar surface area (TPSA) is 309 Å². The smallest absolute Gasteiger partial charge is 0.402 e. The summed E-state index contributed by atoms with van der Waals surface area (Å²) in [7, 11) is 0. The molecule has 0 saturated carbocycles. The molecule has 3 aliphatic rings. The van der Waals surface area contributed by atoms with Crippen LogP contribution < -0.4 is 4.74 Å². The molecule has 3 aliphatic heterocycles. The lowest BCUT2D eigenvalue weighted by atomic mass is 9.97. The quantitative estimate of drug-likeness (QED) is 0.0997. The van der Waals surface area contributed by atoms with Gasteiger partial charge in [0.1, 0.15) is 83.7 Å². The van der Waals surface area contributed by atoms with Crippen molar-refractivity contribution in [3.8, 4) is 34.3 Å². The maximum atomic E-state index is 11.4. The number of ether oxygens (including phenoxy) is 6. The molecule has 0 spiro atoms. The second-order valence-electron chi connectivity index (χ2n) is 12.8. The van der Waals surface area contributed by atoms with Crippen molar-refractivity contribution < 1.29 is 94.1 Å². The lowest BCUT2D eigenvalue weighted by Crippen LogP contribution is -2.65. The molecule has 19 nitrogen and oxygen atoms in total. The van der Waals surface area contributed by atoms with Gasteiger partial charge in [0.25, 0.3) is 0 Å². The van der Waals surface area contributed by atoms with Crippen molar-refractivity contribution in [1.29, 1.82) is 0 Å². The normalized spacial score (nSPS) is 38.3. The van der Waals surface area contributed by atoms with Gasteiger partial charge in [-0.2, -0.15) is 0 Å². The number of aromatic hydroxyl groups is 3. The highest BCUT2D eigenvalue weighted by Gasteiger charge is 2.52. The molecule has 286 valence electrons. The minimum atomic E-state index is -1.96. The highest BCUT2D eigenvalue weighted by Crippen LogP contribution is 2.41. The van der Waals surface area contributed by atoms with Crippen LogP contribution in [-0.4, -0.2) is 167 Å². The molecule has 0 radical (unpaired) electrons. The van der Waals surface area contributed by atoms with Gasteiger partial charge in [0.15, 0.2) is 18.7 Å². The molecule has 0 amide bonds. The summed E-state index contributed by atoms with van der Waals surface area (Å²) < 4.78 is 40.6. The SMILES string of the molecule is C[C@@H]1O[C@@H](OC[C@H]2O[C@@H](Oc3cc4c(O)cc(O)cc4[o+]c3-c3ccc(O)cc3)[C@H](O[C@@H]3O[C@H](CO)[C@@H](O)[C@H](O)[C@H]3O)[C@@H](O)[C@@H]2O)[C@H](O)[C@H](O)[C@H]1O. The van der Waals surface area contributed by atoms with Crippen molar-refractivity contribution in [2.24, 2.45) is 0 Å². The standard InChI is InChI=1S/C33H40O19/c1-11-21(38)24(41)27(44)31(47-11)46-10-20-23(40)26(43)30(52-32-28(45)25(42)22(39)19(9-34)50-32)33(51-20)49-18-8-15-16(37)6-14(36)7-17(15)48-29(18)12-2-4-13(35)5-3-12/h2-8,11,19-28,30-34,38-45H,9-10H2,1H3,(H2-,35,36,37)/p+1/t11-,19+,20+,21-,22+,23+,24+,25-,26-,27+,28+,30+,31+,32-,33+/m0/s1. The molecule has 12 N–H and O–H groups in total. The molecular weight excluding hydrogens is 700 g/mol. The van der Waals surface area contributed by atoms with E-state index in [4.69, 9.17) is 32.8 Å². The van der Waals surface area contributed by atoms with E-state index < -0.39 is 111 Å². The van der Waals surface area contributed by atoms with Gasteiger partial charge in [0.2, 0.25) is 12.0 Å². The molecule has 52 heavy (non-hydrogen) atoms. The van der Waals surface area contributed by atoms with E-state index in [1.165, 1.54) is 43.3 Å². The van der Waals surface area contributed by atoms with E-state index in [1.807, 2.05) is 0 Å². The lowest BCUT2D eigenvalue weighted by molar-refractivity contribution is -0.362. The molecule has 4 heterocycles. The fourth-order valence-corrected chi connectivity index (χ4v) is 6.17. The average molecular weight is 742 g/mol. The van der Waals surface area contributed by atoms with E-state index in [2.05, 4.69) is 0 Å². The highest BCUT2D eigenvalue weighted by molar-refractivity contribution is 5.88. The first kappa shape index (κ1) is 38.2. The van der Waals surface area contributed by atoms with Crippen LogP contribution in [0.25, 0.3) is 22.3 Å². The van der Waals surface area contributed by atoms with Gasteiger partial charge in [-0.3, -0.25) is 0 Å². The van der Waals surface area contributed by atoms with Crippen molar-refractivity contribution in [2.75, 3.05) is 13.2 Å². The van der Waals surface area contributed by atoms with E-state index >= 15 is 0 Å².